The van der Waals surface area contributed by atoms with Crippen molar-refractivity contribution in [3.05, 3.63) is 11.8 Å². The average molecular weight is 209 g/mol. The number of hydrogen-bond acceptors (Lipinski definition) is 5. The fourth-order valence-corrected chi connectivity index (χ4v) is 2.18. The van der Waals surface area contributed by atoms with Gasteiger partial charge in [0.1, 0.15) is 12.0 Å². The Morgan fingerprint density at radius 1 is 1.40 bits per heavy atom. The first-order valence-electron chi connectivity index (χ1n) is 5.19. The molecule has 2 aliphatic heterocycles. The van der Waals surface area contributed by atoms with Crippen molar-refractivity contribution in [3.8, 4) is 0 Å². The van der Waals surface area contributed by atoms with E-state index in [4.69, 9.17) is 5.73 Å². The lowest BCUT2D eigenvalue weighted by Gasteiger charge is -2.40. The van der Waals surface area contributed by atoms with Gasteiger partial charge in [-0.15, -0.1) is 0 Å². The highest BCUT2D eigenvalue weighted by Crippen LogP contribution is 2.21. The van der Waals surface area contributed by atoms with Crippen LogP contribution in [-0.2, 0) is 0 Å². The standard InChI is InChI=1S/C10H19N5/c1-7-12-10(11)8-5-9(15(7)4)14(3)6-13(8)2/h5,7,9H,6H2,1-4H3,(H2,11,12). The van der Waals surface area contributed by atoms with E-state index in [9.17, 15) is 0 Å². The Morgan fingerprint density at radius 3 is 2.73 bits per heavy atom. The molecule has 0 spiro atoms. The van der Waals surface area contributed by atoms with Gasteiger partial charge in [0, 0.05) is 7.05 Å². The van der Waals surface area contributed by atoms with Crippen LogP contribution in [0.2, 0.25) is 0 Å². The van der Waals surface area contributed by atoms with Crippen LogP contribution in [-0.4, -0.2) is 60.7 Å². The number of aliphatic imine (C=N–C) groups is 1. The van der Waals surface area contributed by atoms with Crippen LogP contribution in [0.3, 0.4) is 0 Å². The molecule has 2 atom stereocenters. The van der Waals surface area contributed by atoms with Crippen LogP contribution < -0.4 is 5.73 Å². The number of nitrogens with two attached hydrogens (primary N) is 1. The molecular formula is C10H19N5. The first-order valence-corrected chi connectivity index (χ1v) is 5.19. The SMILES string of the molecule is CC1N=C(N)C2=CC(N(C)CN2C)N1C. The number of nitrogens with zero attached hydrogens (tertiary/aromatic N) is 4. The van der Waals surface area contributed by atoms with Gasteiger partial charge in [0.05, 0.1) is 18.5 Å². The van der Waals surface area contributed by atoms with Gasteiger partial charge in [0.25, 0.3) is 0 Å². The first kappa shape index (κ1) is 10.4. The van der Waals surface area contributed by atoms with E-state index in [1.54, 1.807) is 0 Å². The highest BCUT2D eigenvalue weighted by molar-refractivity contribution is 5.96. The van der Waals surface area contributed by atoms with Crippen LogP contribution in [0.25, 0.3) is 0 Å². The van der Waals surface area contributed by atoms with Crippen molar-refractivity contribution in [2.75, 3.05) is 27.8 Å². The Labute approximate surface area is 90.8 Å². The van der Waals surface area contributed by atoms with Gasteiger partial charge < -0.3 is 10.6 Å². The molecule has 2 heterocycles. The molecule has 0 aliphatic carbocycles. The van der Waals surface area contributed by atoms with Crippen LogP contribution in [0, 0.1) is 0 Å². The van der Waals surface area contributed by atoms with Gasteiger partial charge in [-0.3, -0.25) is 9.80 Å². The first-order chi connectivity index (χ1) is 7.00. The summed E-state index contributed by atoms with van der Waals surface area (Å²) in [5.41, 5.74) is 7.02. The third-order valence-corrected chi connectivity index (χ3v) is 3.20. The molecule has 5 nitrogen and oxygen atoms in total. The van der Waals surface area contributed by atoms with E-state index in [-0.39, 0.29) is 12.3 Å². The van der Waals surface area contributed by atoms with E-state index in [1.165, 1.54) is 0 Å². The maximum absolute atomic E-state index is 5.97. The van der Waals surface area contributed by atoms with Gasteiger partial charge in [0.2, 0.25) is 0 Å². The molecule has 84 valence electrons. The number of fused-ring (bicyclic) bond motifs is 1. The minimum Gasteiger partial charge on any atom is -0.382 e. The molecule has 2 N–H and O–H groups in total. The maximum atomic E-state index is 5.97. The van der Waals surface area contributed by atoms with Crippen molar-refractivity contribution >= 4 is 5.84 Å². The molecule has 2 aliphatic rings. The summed E-state index contributed by atoms with van der Waals surface area (Å²) in [7, 11) is 6.23. The van der Waals surface area contributed by atoms with Crippen molar-refractivity contribution in [1.29, 1.82) is 0 Å². The summed E-state index contributed by atoms with van der Waals surface area (Å²) in [5, 5.41) is 0. The summed E-state index contributed by atoms with van der Waals surface area (Å²) in [4.78, 5) is 11.1. The lowest BCUT2D eigenvalue weighted by molar-refractivity contribution is 0.0529. The molecule has 0 fully saturated rings. The smallest absolute Gasteiger partial charge is 0.143 e. The zero-order valence-corrected chi connectivity index (χ0v) is 9.81. The molecule has 0 saturated carbocycles. The summed E-state index contributed by atoms with van der Waals surface area (Å²) in [5.74, 6) is 0.646. The third kappa shape index (κ3) is 1.61. The summed E-state index contributed by atoms with van der Waals surface area (Å²) in [6, 6.07) is 0. The van der Waals surface area contributed by atoms with Crippen LogP contribution in [0.15, 0.2) is 16.8 Å². The fourth-order valence-electron chi connectivity index (χ4n) is 2.18. The number of rotatable bonds is 0. The minimum absolute atomic E-state index is 0.123. The molecule has 2 bridgehead atoms. The molecule has 0 aromatic carbocycles. The molecule has 0 radical (unpaired) electrons. The highest BCUT2D eigenvalue weighted by atomic mass is 15.4. The quantitative estimate of drug-likeness (QED) is 0.594. The molecule has 2 unspecified atom stereocenters. The molecule has 2 rings (SSSR count). The van der Waals surface area contributed by atoms with E-state index in [0.717, 1.165) is 12.4 Å². The number of hydrogen-bond donors (Lipinski definition) is 1. The second kappa shape index (κ2) is 3.50. The van der Waals surface area contributed by atoms with Gasteiger partial charge in [-0.25, -0.2) is 4.99 Å². The second-order valence-electron chi connectivity index (χ2n) is 4.37. The summed E-state index contributed by atoms with van der Waals surface area (Å²) in [6.07, 6.45) is 2.58. The van der Waals surface area contributed by atoms with E-state index >= 15 is 0 Å². The van der Waals surface area contributed by atoms with Crippen LogP contribution in [0.1, 0.15) is 6.92 Å². The third-order valence-electron chi connectivity index (χ3n) is 3.20. The Hall–Kier alpha value is -1.07. The van der Waals surface area contributed by atoms with Crippen LogP contribution in [0.4, 0.5) is 0 Å². The second-order valence-corrected chi connectivity index (χ2v) is 4.37. The summed E-state index contributed by atoms with van der Waals surface area (Å²) < 4.78 is 0. The lowest BCUT2D eigenvalue weighted by Crippen LogP contribution is -2.52. The van der Waals surface area contributed by atoms with E-state index in [0.29, 0.717) is 5.84 Å². The van der Waals surface area contributed by atoms with Crippen LogP contribution >= 0.6 is 0 Å². The van der Waals surface area contributed by atoms with Gasteiger partial charge in [-0.1, -0.05) is 0 Å². The predicted molar refractivity (Wildman–Crippen MR) is 61.1 cm³/mol. The fraction of sp³-hybridized carbons (Fsp3) is 0.700. The Morgan fingerprint density at radius 2 is 2.07 bits per heavy atom. The molecule has 0 saturated heterocycles. The zero-order valence-electron chi connectivity index (χ0n) is 9.81. The van der Waals surface area contributed by atoms with E-state index in [2.05, 4.69) is 46.8 Å². The van der Waals surface area contributed by atoms with E-state index < -0.39 is 0 Å². The van der Waals surface area contributed by atoms with Gasteiger partial charge in [0.15, 0.2) is 0 Å². The van der Waals surface area contributed by atoms with Crippen molar-refractivity contribution < 1.29 is 0 Å². The monoisotopic (exact) mass is 209 g/mol. The average Bonchev–Trinajstić information content (AvgIpc) is 2.24. The number of amidine groups is 1. The molecule has 0 amide bonds. The zero-order chi connectivity index (χ0) is 11.2. The van der Waals surface area contributed by atoms with Gasteiger partial charge in [-0.05, 0) is 27.1 Å². The minimum atomic E-state index is 0.123. The Balaban J connectivity index is 2.42. The van der Waals surface area contributed by atoms with Crippen molar-refractivity contribution in [2.24, 2.45) is 10.7 Å². The molecule has 0 aromatic heterocycles. The lowest BCUT2D eigenvalue weighted by atomic mass is 10.2. The van der Waals surface area contributed by atoms with Crippen molar-refractivity contribution in [3.63, 3.8) is 0 Å². The summed E-state index contributed by atoms with van der Waals surface area (Å²) in [6.45, 7) is 2.94. The molecule has 15 heavy (non-hydrogen) atoms. The Bertz CT molecular complexity index is 322. The van der Waals surface area contributed by atoms with Crippen molar-refractivity contribution in [1.82, 2.24) is 14.7 Å². The topological polar surface area (TPSA) is 48.1 Å². The Kier molecular flexibility index (Phi) is 2.44. The van der Waals surface area contributed by atoms with Crippen molar-refractivity contribution in [2.45, 2.75) is 19.3 Å². The molecular weight excluding hydrogens is 190 g/mol. The molecule has 5 heteroatoms. The van der Waals surface area contributed by atoms with Crippen LogP contribution in [0.5, 0.6) is 0 Å². The maximum Gasteiger partial charge on any atom is 0.143 e. The largest absolute Gasteiger partial charge is 0.382 e. The highest BCUT2D eigenvalue weighted by Gasteiger charge is 2.31. The molecule has 0 aromatic rings. The normalized spacial score (nSPS) is 33.5. The van der Waals surface area contributed by atoms with Gasteiger partial charge in [-0.2, -0.15) is 0 Å². The number of likely N-dealkylation sites (N-methyl/N-ethyl adjacent to an activating group) is 3. The van der Waals surface area contributed by atoms with Gasteiger partial charge >= 0.3 is 0 Å². The van der Waals surface area contributed by atoms with E-state index in [1.807, 2.05) is 7.05 Å². The summed E-state index contributed by atoms with van der Waals surface area (Å²) >= 11 is 0. The predicted octanol–water partition coefficient (Wildman–Crippen LogP) is -0.320.